The number of anilines is 1. The molecule has 1 heterocycles. The summed E-state index contributed by atoms with van der Waals surface area (Å²) in [6, 6.07) is 23.8. The number of ether oxygens (including phenoxy) is 1. The fraction of sp³-hybridized carbons (Fsp3) is 0.364. The van der Waals surface area contributed by atoms with Gasteiger partial charge in [-0.05, 0) is 59.7 Å². The SMILES string of the molecule is COc1cccc(CNC(=O)C2CCN(C(=O)[C@H](Cc3ccccc3)NC(=O)Nc3ccc(C(C)C)cc3)CC2)c1. The topological polar surface area (TPSA) is 99.8 Å². The van der Waals surface area contributed by atoms with E-state index in [4.69, 9.17) is 4.74 Å². The summed E-state index contributed by atoms with van der Waals surface area (Å²) < 4.78 is 5.25. The van der Waals surface area contributed by atoms with Crippen LogP contribution in [-0.2, 0) is 22.6 Å². The predicted molar refractivity (Wildman–Crippen MR) is 161 cm³/mol. The van der Waals surface area contributed by atoms with Crippen molar-refractivity contribution in [3.05, 3.63) is 95.6 Å². The van der Waals surface area contributed by atoms with Crippen LogP contribution in [0.1, 0.15) is 49.3 Å². The Morgan fingerprint density at radius 3 is 2.24 bits per heavy atom. The molecule has 3 aromatic carbocycles. The van der Waals surface area contributed by atoms with E-state index in [1.165, 1.54) is 5.56 Å². The average Bonchev–Trinajstić information content (AvgIpc) is 3.00. The molecule has 216 valence electrons. The summed E-state index contributed by atoms with van der Waals surface area (Å²) >= 11 is 0. The predicted octanol–water partition coefficient (Wildman–Crippen LogP) is 5.11. The Labute approximate surface area is 242 Å². The highest BCUT2D eigenvalue weighted by Crippen LogP contribution is 2.21. The van der Waals surface area contributed by atoms with Gasteiger partial charge in [-0.25, -0.2) is 4.79 Å². The molecule has 8 heteroatoms. The van der Waals surface area contributed by atoms with Crippen LogP contribution in [0.4, 0.5) is 10.5 Å². The molecule has 8 nitrogen and oxygen atoms in total. The molecule has 3 N–H and O–H groups in total. The second kappa shape index (κ2) is 14.3. The van der Waals surface area contributed by atoms with Crippen molar-refractivity contribution in [3.63, 3.8) is 0 Å². The maximum atomic E-state index is 13.6. The number of piperidine rings is 1. The largest absolute Gasteiger partial charge is 0.497 e. The van der Waals surface area contributed by atoms with Gasteiger partial charge in [0.25, 0.3) is 0 Å². The minimum absolute atomic E-state index is 0.0123. The van der Waals surface area contributed by atoms with Crippen molar-refractivity contribution >= 4 is 23.5 Å². The van der Waals surface area contributed by atoms with Crippen LogP contribution in [-0.4, -0.2) is 49.0 Å². The molecule has 1 saturated heterocycles. The number of benzene rings is 3. The van der Waals surface area contributed by atoms with Gasteiger partial charge in [-0.15, -0.1) is 0 Å². The first kappa shape index (κ1) is 29.6. The average molecular weight is 557 g/mol. The van der Waals surface area contributed by atoms with Gasteiger partial charge < -0.3 is 25.6 Å². The maximum Gasteiger partial charge on any atom is 0.319 e. The van der Waals surface area contributed by atoms with Gasteiger partial charge >= 0.3 is 6.03 Å². The van der Waals surface area contributed by atoms with Gasteiger partial charge in [0.05, 0.1) is 7.11 Å². The minimum Gasteiger partial charge on any atom is -0.497 e. The molecule has 0 aromatic heterocycles. The summed E-state index contributed by atoms with van der Waals surface area (Å²) in [7, 11) is 1.62. The molecule has 0 bridgehead atoms. The van der Waals surface area contributed by atoms with Gasteiger partial charge in [0.15, 0.2) is 0 Å². The van der Waals surface area contributed by atoms with Crippen molar-refractivity contribution in [2.45, 2.75) is 51.6 Å². The van der Waals surface area contributed by atoms with Gasteiger partial charge in [0, 0.05) is 37.7 Å². The number of carbonyl (C=O) groups is 3. The molecule has 0 unspecified atom stereocenters. The molecule has 41 heavy (non-hydrogen) atoms. The Morgan fingerprint density at radius 2 is 1.59 bits per heavy atom. The van der Waals surface area contributed by atoms with Crippen LogP contribution in [0.3, 0.4) is 0 Å². The number of urea groups is 1. The zero-order valence-electron chi connectivity index (χ0n) is 24.1. The van der Waals surface area contributed by atoms with E-state index in [2.05, 4.69) is 29.8 Å². The van der Waals surface area contributed by atoms with Crippen LogP contribution in [0.5, 0.6) is 5.75 Å². The monoisotopic (exact) mass is 556 g/mol. The number of amides is 4. The highest BCUT2D eigenvalue weighted by atomic mass is 16.5. The van der Waals surface area contributed by atoms with Crippen LogP contribution in [0.15, 0.2) is 78.9 Å². The third kappa shape index (κ3) is 8.58. The lowest BCUT2D eigenvalue weighted by molar-refractivity contribution is -0.137. The Hall–Kier alpha value is -4.33. The van der Waals surface area contributed by atoms with E-state index in [0.29, 0.717) is 50.5 Å². The van der Waals surface area contributed by atoms with E-state index in [1.54, 1.807) is 12.0 Å². The van der Waals surface area contributed by atoms with Crippen LogP contribution in [0.25, 0.3) is 0 Å². The highest BCUT2D eigenvalue weighted by molar-refractivity contribution is 5.94. The van der Waals surface area contributed by atoms with Crippen LogP contribution < -0.4 is 20.7 Å². The lowest BCUT2D eigenvalue weighted by Gasteiger charge is -2.34. The third-order valence-electron chi connectivity index (χ3n) is 7.50. The number of rotatable bonds is 10. The van der Waals surface area contributed by atoms with Gasteiger partial charge in [0.1, 0.15) is 11.8 Å². The van der Waals surface area contributed by atoms with E-state index in [-0.39, 0.29) is 17.7 Å². The molecule has 4 amide bonds. The molecule has 1 aliphatic rings. The lowest BCUT2D eigenvalue weighted by atomic mass is 9.94. The summed E-state index contributed by atoms with van der Waals surface area (Å²) in [6.45, 7) is 5.58. The molecular weight excluding hydrogens is 516 g/mol. The molecule has 3 aromatic rings. The molecule has 0 radical (unpaired) electrons. The van der Waals surface area contributed by atoms with E-state index >= 15 is 0 Å². The first-order chi connectivity index (χ1) is 19.8. The Kier molecular flexibility index (Phi) is 10.4. The normalized spacial score (nSPS) is 14.3. The van der Waals surface area contributed by atoms with E-state index in [0.717, 1.165) is 16.9 Å². The van der Waals surface area contributed by atoms with E-state index < -0.39 is 12.1 Å². The summed E-state index contributed by atoms with van der Waals surface area (Å²) in [6.07, 6.45) is 1.52. The highest BCUT2D eigenvalue weighted by Gasteiger charge is 2.31. The number of nitrogens with one attached hydrogen (secondary N) is 3. The van der Waals surface area contributed by atoms with Crippen molar-refractivity contribution in [3.8, 4) is 5.75 Å². The zero-order chi connectivity index (χ0) is 29.2. The summed E-state index contributed by atoms with van der Waals surface area (Å²) in [5.41, 5.74) is 3.78. The molecule has 1 aliphatic heterocycles. The van der Waals surface area contributed by atoms with Crippen molar-refractivity contribution in [2.24, 2.45) is 5.92 Å². The minimum atomic E-state index is -0.731. The molecular formula is C33H40N4O4. The zero-order valence-corrected chi connectivity index (χ0v) is 24.1. The fourth-order valence-electron chi connectivity index (χ4n) is 5.03. The smallest absolute Gasteiger partial charge is 0.319 e. The van der Waals surface area contributed by atoms with Crippen molar-refractivity contribution in [1.82, 2.24) is 15.5 Å². The number of hydrogen-bond donors (Lipinski definition) is 3. The van der Waals surface area contributed by atoms with Crippen molar-refractivity contribution in [1.29, 1.82) is 0 Å². The van der Waals surface area contributed by atoms with Crippen LogP contribution in [0, 0.1) is 5.92 Å². The quantitative estimate of drug-likeness (QED) is 0.323. The second-order valence-electron chi connectivity index (χ2n) is 10.8. The van der Waals surface area contributed by atoms with Gasteiger partial charge in [-0.3, -0.25) is 9.59 Å². The Bertz CT molecular complexity index is 1300. The number of carbonyl (C=O) groups excluding carboxylic acids is 3. The molecule has 1 fully saturated rings. The Morgan fingerprint density at radius 1 is 0.902 bits per heavy atom. The number of likely N-dealkylation sites (tertiary alicyclic amines) is 1. The molecule has 1 atom stereocenters. The number of hydrogen-bond acceptors (Lipinski definition) is 4. The van der Waals surface area contributed by atoms with Crippen LogP contribution in [0.2, 0.25) is 0 Å². The van der Waals surface area contributed by atoms with Crippen molar-refractivity contribution in [2.75, 3.05) is 25.5 Å². The summed E-state index contributed by atoms with van der Waals surface area (Å²) in [4.78, 5) is 41.2. The Balaban J connectivity index is 1.33. The molecule has 0 spiro atoms. The summed E-state index contributed by atoms with van der Waals surface area (Å²) in [5.74, 6) is 0.826. The fourth-order valence-corrected chi connectivity index (χ4v) is 5.03. The first-order valence-electron chi connectivity index (χ1n) is 14.2. The lowest BCUT2D eigenvalue weighted by Crippen LogP contribution is -2.53. The van der Waals surface area contributed by atoms with Gasteiger partial charge in [-0.1, -0.05) is 68.4 Å². The number of methoxy groups -OCH3 is 1. The van der Waals surface area contributed by atoms with Gasteiger partial charge in [0.2, 0.25) is 11.8 Å². The van der Waals surface area contributed by atoms with Crippen molar-refractivity contribution < 1.29 is 19.1 Å². The maximum absolute atomic E-state index is 13.6. The third-order valence-corrected chi connectivity index (χ3v) is 7.50. The summed E-state index contributed by atoms with van der Waals surface area (Å²) in [5, 5.41) is 8.77. The molecule has 4 rings (SSSR count). The van der Waals surface area contributed by atoms with E-state index in [1.807, 2.05) is 78.9 Å². The van der Waals surface area contributed by atoms with Gasteiger partial charge in [-0.2, -0.15) is 0 Å². The molecule has 0 aliphatic carbocycles. The molecule has 0 saturated carbocycles. The van der Waals surface area contributed by atoms with Crippen LogP contribution >= 0.6 is 0 Å². The number of nitrogens with zero attached hydrogens (tertiary/aromatic N) is 1. The standard InChI is InChI=1S/C33H40N4O4/c1-23(2)26-12-14-28(15-13-26)35-33(40)36-30(21-24-8-5-4-6-9-24)32(39)37-18-16-27(17-19-37)31(38)34-22-25-10-7-11-29(20-25)41-3/h4-15,20,23,27,30H,16-19,21-22H2,1-3H3,(H,34,38)(H2,35,36,40)/t30-/m0/s1. The first-order valence-corrected chi connectivity index (χ1v) is 14.2. The van der Waals surface area contributed by atoms with E-state index in [9.17, 15) is 14.4 Å². The second-order valence-corrected chi connectivity index (χ2v) is 10.8.